The monoisotopic (exact) mass is 231 g/mol. The van der Waals surface area contributed by atoms with E-state index in [4.69, 9.17) is 10.00 Å². The molecule has 1 aromatic rings. The van der Waals surface area contributed by atoms with E-state index < -0.39 is 12.1 Å². The molecule has 3 nitrogen and oxygen atoms in total. The molecule has 0 aliphatic heterocycles. The lowest BCUT2D eigenvalue weighted by molar-refractivity contribution is -0.275. The quantitative estimate of drug-likeness (QED) is 0.803. The van der Waals surface area contributed by atoms with Crippen LogP contribution >= 0.6 is 0 Å². The summed E-state index contributed by atoms with van der Waals surface area (Å²) in [6, 6.07) is 5.73. The number of nitrogens with zero attached hydrogens (tertiary/aromatic N) is 1. The number of alkyl halides is 3. The highest BCUT2D eigenvalue weighted by Gasteiger charge is 2.32. The lowest BCUT2D eigenvalue weighted by atomic mass is 10.1. The Balaban J connectivity index is 2.98. The van der Waals surface area contributed by atoms with Crippen molar-refractivity contribution in [2.24, 2.45) is 0 Å². The van der Waals surface area contributed by atoms with Crippen molar-refractivity contribution in [2.45, 2.75) is 12.8 Å². The number of rotatable bonds is 3. The first kappa shape index (κ1) is 12.2. The number of methoxy groups -OCH3 is 1. The van der Waals surface area contributed by atoms with Gasteiger partial charge in [0.1, 0.15) is 0 Å². The first-order valence-corrected chi connectivity index (χ1v) is 4.26. The number of hydrogen-bond acceptors (Lipinski definition) is 3. The van der Waals surface area contributed by atoms with Gasteiger partial charge in [0, 0.05) is 0 Å². The first-order valence-electron chi connectivity index (χ1n) is 4.26. The summed E-state index contributed by atoms with van der Waals surface area (Å²) >= 11 is 0. The number of halogens is 3. The Kier molecular flexibility index (Phi) is 3.61. The van der Waals surface area contributed by atoms with Crippen LogP contribution in [-0.4, -0.2) is 13.5 Å². The molecular weight excluding hydrogens is 223 g/mol. The molecule has 0 aliphatic rings. The highest BCUT2D eigenvalue weighted by molar-refractivity contribution is 5.43. The van der Waals surface area contributed by atoms with Crippen LogP contribution in [0.4, 0.5) is 13.2 Å². The third-order valence-electron chi connectivity index (χ3n) is 1.74. The zero-order valence-corrected chi connectivity index (χ0v) is 8.34. The van der Waals surface area contributed by atoms with Crippen molar-refractivity contribution in [1.29, 1.82) is 5.26 Å². The summed E-state index contributed by atoms with van der Waals surface area (Å²) < 4.78 is 44.4. The second-order valence-electron chi connectivity index (χ2n) is 2.87. The lowest BCUT2D eigenvalue weighted by Gasteiger charge is -2.12. The molecule has 1 aromatic carbocycles. The smallest absolute Gasteiger partial charge is 0.493 e. The maximum atomic E-state index is 12.0. The molecule has 6 heteroatoms. The van der Waals surface area contributed by atoms with Crippen molar-refractivity contribution in [3.05, 3.63) is 23.8 Å². The highest BCUT2D eigenvalue weighted by atomic mass is 19.4. The van der Waals surface area contributed by atoms with Gasteiger partial charge in [-0.25, -0.2) is 0 Å². The summed E-state index contributed by atoms with van der Waals surface area (Å²) in [6.45, 7) is 0. The molecule has 0 bridgehead atoms. The lowest BCUT2D eigenvalue weighted by Crippen LogP contribution is -2.17. The van der Waals surface area contributed by atoms with E-state index >= 15 is 0 Å². The van der Waals surface area contributed by atoms with Gasteiger partial charge in [-0.3, -0.25) is 0 Å². The Bertz CT molecular complexity index is 410. The van der Waals surface area contributed by atoms with Gasteiger partial charge in [0.2, 0.25) is 0 Å². The van der Waals surface area contributed by atoms with E-state index in [0.717, 1.165) is 6.07 Å². The summed E-state index contributed by atoms with van der Waals surface area (Å²) in [4.78, 5) is 0. The van der Waals surface area contributed by atoms with Crippen LogP contribution in [0.1, 0.15) is 5.56 Å². The van der Waals surface area contributed by atoms with Crippen molar-refractivity contribution in [2.75, 3.05) is 7.11 Å². The fourth-order valence-corrected chi connectivity index (χ4v) is 1.12. The molecule has 0 N–H and O–H groups in total. The van der Waals surface area contributed by atoms with E-state index in [0.29, 0.717) is 5.56 Å². The van der Waals surface area contributed by atoms with Gasteiger partial charge in [-0.2, -0.15) is 5.26 Å². The predicted octanol–water partition coefficient (Wildman–Crippen LogP) is 2.66. The molecule has 0 fully saturated rings. The molecule has 0 radical (unpaired) electrons. The molecule has 0 amide bonds. The molecule has 0 saturated heterocycles. The third kappa shape index (κ3) is 3.35. The Labute approximate surface area is 90.0 Å². The van der Waals surface area contributed by atoms with Gasteiger partial charge in [-0.1, -0.05) is 6.07 Å². The average Bonchev–Trinajstić information content (AvgIpc) is 2.18. The summed E-state index contributed by atoms with van der Waals surface area (Å²) in [7, 11) is 1.23. The molecule has 16 heavy (non-hydrogen) atoms. The number of ether oxygens (including phenoxy) is 2. The highest BCUT2D eigenvalue weighted by Crippen LogP contribution is 2.32. The first-order chi connectivity index (χ1) is 7.46. The van der Waals surface area contributed by atoms with Crippen LogP contribution in [0.5, 0.6) is 11.5 Å². The SMILES string of the molecule is COc1cc(CC#N)ccc1OC(F)(F)F. The largest absolute Gasteiger partial charge is 0.573 e. The normalized spacial score (nSPS) is 10.7. The van der Waals surface area contributed by atoms with E-state index in [1.165, 1.54) is 19.2 Å². The fraction of sp³-hybridized carbons (Fsp3) is 0.300. The summed E-state index contributed by atoms with van der Waals surface area (Å²) in [5.41, 5.74) is 0.564. The minimum absolute atomic E-state index is 0.0509. The summed E-state index contributed by atoms with van der Waals surface area (Å²) in [6.07, 6.45) is -4.66. The summed E-state index contributed by atoms with van der Waals surface area (Å²) in [5, 5.41) is 8.44. The Morgan fingerprint density at radius 2 is 2.00 bits per heavy atom. The minimum Gasteiger partial charge on any atom is -0.493 e. The maximum absolute atomic E-state index is 12.0. The topological polar surface area (TPSA) is 42.2 Å². The zero-order valence-electron chi connectivity index (χ0n) is 8.34. The number of hydrogen-bond donors (Lipinski definition) is 0. The van der Waals surface area contributed by atoms with E-state index in [2.05, 4.69) is 4.74 Å². The molecule has 0 aliphatic carbocycles. The molecular formula is C10H8F3NO2. The standard InChI is InChI=1S/C10H8F3NO2/c1-15-9-6-7(4-5-14)2-3-8(9)16-10(11,12)13/h2-3,6H,4H2,1H3. The van der Waals surface area contributed by atoms with Crippen molar-refractivity contribution in [3.63, 3.8) is 0 Å². The second kappa shape index (κ2) is 4.75. The van der Waals surface area contributed by atoms with Gasteiger partial charge in [0.15, 0.2) is 11.5 Å². The molecule has 86 valence electrons. The molecule has 0 unspecified atom stereocenters. The van der Waals surface area contributed by atoms with E-state index in [-0.39, 0.29) is 12.2 Å². The fourth-order valence-electron chi connectivity index (χ4n) is 1.12. The van der Waals surface area contributed by atoms with Crippen LogP contribution < -0.4 is 9.47 Å². The van der Waals surface area contributed by atoms with E-state index in [9.17, 15) is 13.2 Å². The average molecular weight is 231 g/mol. The minimum atomic E-state index is -4.76. The third-order valence-corrected chi connectivity index (χ3v) is 1.74. The predicted molar refractivity (Wildman–Crippen MR) is 49.0 cm³/mol. The maximum Gasteiger partial charge on any atom is 0.573 e. The van der Waals surface area contributed by atoms with Crippen molar-refractivity contribution in [1.82, 2.24) is 0 Å². The number of benzene rings is 1. The molecule has 0 heterocycles. The van der Waals surface area contributed by atoms with Crippen molar-refractivity contribution < 1.29 is 22.6 Å². The van der Waals surface area contributed by atoms with Crippen LogP contribution in [0.15, 0.2) is 18.2 Å². The van der Waals surface area contributed by atoms with Gasteiger partial charge >= 0.3 is 6.36 Å². The Morgan fingerprint density at radius 3 is 2.50 bits per heavy atom. The van der Waals surface area contributed by atoms with E-state index in [1.54, 1.807) is 0 Å². The van der Waals surface area contributed by atoms with Gasteiger partial charge in [0.25, 0.3) is 0 Å². The van der Waals surface area contributed by atoms with Gasteiger partial charge in [-0.15, -0.1) is 13.2 Å². The van der Waals surface area contributed by atoms with E-state index in [1.807, 2.05) is 6.07 Å². The van der Waals surface area contributed by atoms with Crippen LogP contribution in [0, 0.1) is 11.3 Å². The molecule has 0 aromatic heterocycles. The van der Waals surface area contributed by atoms with Gasteiger partial charge < -0.3 is 9.47 Å². The van der Waals surface area contributed by atoms with Crippen LogP contribution in [0.2, 0.25) is 0 Å². The molecule has 1 rings (SSSR count). The van der Waals surface area contributed by atoms with Crippen LogP contribution in [-0.2, 0) is 6.42 Å². The number of nitriles is 1. The Morgan fingerprint density at radius 1 is 1.31 bits per heavy atom. The summed E-state index contributed by atoms with van der Waals surface area (Å²) in [5.74, 6) is -0.471. The Hall–Kier alpha value is -1.90. The van der Waals surface area contributed by atoms with Crippen molar-refractivity contribution >= 4 is 0 Å². The van der Waals surface area contributed by atoms with Crippen LogP contribution in [0.3, 0.4) is 0 Å². The van der Waals surface area contributed by atoms with Gasteiger partial charge in [-0.05, 0) is 17.7 Å². The molecule has 0 saturated carbocycles. The van der Waals surface area contributed by atoms with Crippen molar-refractivity contribution in [3.8, 4) is 17.6 Å². The second-order valence-corrected chi connectivity index (χ2v) is 2.87. The molecule has 0 atom stereocenters. The van der Waals surface area contributed by atoms with Gasteiger partial charge in [0.05, 0.1) is 19.6 Å². The molecule has 0 spiro atoms. The zero-order chi connectivity index (χ0) is 12.2. The van der Waals surface area contributed by atoms with Crippen LogP contribution in [0.25, 0.3) is 0 Å².